The van der Waals surface area contributed by atoms with Crippen LogP contribution < -0.4 is 5.32 Å². The first-order valence-corrected chi connectivity index (χ1v) is 10.2. The Balaban J connectivity index is 1.39. The van der Waals surface area contributed by atoms with Crippen molar-refractivity contribution in [1.82, 2.24) is 15.2 Å². The fourth-order valence-electron chi connectivity index (χ4n) is 3.29. The first-order valence-electron chi connectivity index (χ1n) is 9.40. The number of thiophene rings is 1. The number of carbonyl (C=O) groups excluding carboxylic acids is 1. The molecule has 0 spiro atoms. The standard InChI is InChI=1S/C23H23N3OS/c1-16-8-9-20-18(12-16)13-19-14-21(28-23(19)25-20)22(27)24-10-11-26(2)15-17-6-4-3-5-7-17/h3-9,12-14H,10-11,15H2,1-2H3,(H,24,27). The SMILES string of the molecule is Cc1ccc2nc3sc(C(=O)NCCN(C)Cc4ccccc4)cc3cc2c1. The Morgan fingerprint density at radius 1 is 1.07 bits per heavy atom. The Morgan fingerprint density at radius 2 is 1.89 bits per heavy atom. The van der Waals surface area contributed by atoms with Gasteiger partial charge in [0.1, 0.15) is 4.83 Å². The molecule has 28 heavy (non-hydrogen) atoms. The maximum Gasteiger partial charge on any atom is 0.261 e. The number of hydrogen-bond acceptors (Lipinski definition) is 4. The summed E-state index contributed by atoms with van der Waals surface area (Å²) in [4.78, 5) is 21.1. The molecule has 1 N–H and O–H groups in total. The van der Waals surface area contributed by atoms with Crippen LogP contribution in [-0.2, 0) is 6.54 Å². The molecule has 0 atom stereocenters. The highest BCUT2D eigenvalue weighted by Gasteiger charge is 2.12. The normalized spacial score (nSPS) is 11.4. The molecule has 0 radical (unpaired) electrons. The molecule has 2 heterocycles. The molecular weight excluding hydrogens is 366 g/mol. The van der Waals surface area contributed by atoms with E-state index in [1.807, 2.05) is 30.3 Å². The molecule has 0 saturated heterocycles. The number of benzene rings is 2. The van der Waals surface area contributed by atoms with Crippen LogP contribution in [0.15, 0.2) is 60.7 Å². The zero-order chi connectivity index (χ0) is 19.5. The number of likely N-dealkylation sites (N-methyl/N-ethyl adjacent to an activating group) is 1. The van der Waals surface area contributed by atoms with Crippen LogP contribution in [0.25, 0.3) is 21.1 Å². The number of aromatic nitrogens is 1. The summed E-state index contributed by atoms with van der Waals surface area (Å²) in [5, 5.41) is 5.16. The van der Waals surface area contributed by atoms with Crippen LogP contribution in [0.2, 0.25) is 0 Å². The Morgan fingerprint density at radius 3 is 2.71 bits per heavy atom. The van der Waals surface area contributed by atoms with E-state index in [4.69, 9.17) is 4.98 Å². The monoisotopic (exact) mass is 389 g/mol. The number of carbonyl (C=O) groups is 1. The summed E-state index contributed by atoms with van der Waals surface area (Å²) in [6.45, 7) is 4.36. The molecule has 0 saturated carbocycles. The van der Waals surface area contributed by atoms with E-state index < -0.39 is 0 Å². The second kappa shape index (κ2) is 8.09. The minimum absolute atomic E-state index is 0.0312. The molecule has 5 heteroatoms. The number of amides is 1. The first kappa shape index (κ1) is 18.6. The van der Waals surface area contributed by atoms with Gasteiger partial charge in [0.15, 0.2) is 0 Å². The average molecular weight is 390 g/mol. The van der Waals surface area contributed by atoms with Gasteiger partial charge in [-0.1, -0.05) is 42.0 Å². The largest absolute Gasteiger partial charge is 0.350 e. The van der Waals surface area contributed by atoms with Gasteiger partial charge in [0.05, 0.1) is 10.4 Å². The number of nitrogens with zero attached hydrogens (tertiary/aromatic N) is 2. The van der Waals surface area contributed by atoms with Gasteiger partial charge in [-0.15, -0.1) is 11.3 Å². The third-order valence-electron chi connectivity index (χ3n) is 4.75. The van der Waals surface area contributed by atoms with E-state index in [0.717, 1.165) is 34.2 Å². The van der Waals surface area contributed by atoms with Gasteiger partial charge in [-0.3, -0.25) is 4.79 Å². The number of rotatable bonds is 6. The summed E-state index contributed by atoms with van der Waals surface area (Å²) < 4.78 is 0. The Bertz CT molecular complexity index is 1120. The quantitative estimate of drug-likeness (QED) is 0.523. The topological polar surface area (TPSA) is 45.2 Å². The molecule has 2 aromatic carbocycles. The molecule has 142 valence electrons. The highest BCUT2D eigenvalue weighted by atomic mass is 32.1. The van der Waals surface area contributed by atoms with Crippen LogP contribution in [0.5, 0.6) is 0 Å². The number of aryl methyl sites for hydroxylation is 1. The van der Waals surface area contributed by atoms with Crippen LogP contribution in [0.3, 0.4) is 0 Å². The van der Waals surface area contributed by atoms with Crippen LogP contribution in [0.4, 0.5) is 0 Å². The zero-order valence-electron chi connectivity index (χ0n) is 16.1. The van der Waals surface area contributed by atoms with Crippen molar-refractivity contribution in [1.29, 1.82) is 0 Å². The minimum atomic E-state index is -0.0312. The van der Waals surface area contributed by atoms with E-state index in [1.165, 1.54) is 22.5 Å². The van der Waals surface area contributed by atoms with Crippen molar-refractivity contribution in [3.8, 4) is 0 Å². The van der Waals surface area contributed by atoms with Crippen LogP contribution in [0.1, 0.15) is 20.8 Å². The molecule has 4 aromatic rings. The Labute approximate surface area is 168 Å². The second-order valence-corrected chi connectivity index (χ2v) is 8.20. The number of nitrogens with one attached hydrogen (secondary N) is 1. The third-order valence-corrected chi connectivity index (χ3v) is 5.80. The van der Waals surface area contributed by atoms with E-state index in [2.05, 4.69) is 54.5 Å². The van der Waals surface area contributed by atoms with Gasteiger partial charge in [0.25, 0.3) is 5.91 Å². The van der Waals surface area contributed by atoms with Gasteiger partial charge in [-0.2, -0.15) is 0 Å². The summed E-state index contributed by atoms with van der Waals surface area (Å²) in [6, 6.07) is 20.6. The lowest BCUT2D eigenvalue weighted by atomic mass is 10.1. The molecule has 1 amide bonds. The zero-order valence-corrected chi connectivity index (χ0v) is 16.9. The van der Waals surface area contributed by atoms with Crippen LogP contribution in [0, 0.1) is 6.92 Å². The van der Waals surface area contributed by atoms with Crippen molar-refractivity contribution in [3.63, 3.8) is 0 Å². The summed E-state index contributed by atoms with van der Waals surface area (Å²) in [5.74, 6) is -0.0312. The van der Waals surface area contributed by atoms with Crippen molar-refractivity contribution in [2.75, 3.05) is 20.1 Å². The predicted octanol–water partition coefficient (Wildman–Crippen LogP) is 4.62. The molecule has 0 unspecified atom stereocenters. The maximum atomic E-state index is 12.6. The summed E-state index contributed by atoms with van der Waals surface area (Å²) in [6.07, 6.45) is 0. The molecular formula is C23H23N3OS. The number of hydrogen-bond donors (Lipinski definition) is 1. The van der Waals surface area contributed by atoms with Crippen LogP contribution >= 0.6 is 11.3 Å². The molecule has 4 nitrogen and oxygen atoms in total. The predicted molar refractivity (Wildman–Crippen MR) is 117 cm³/mol. The molecule has 0 bridgehead atoms. The summed E-state index contributed by atoms with van der Waals surface area (Å²) >= 11 is 1.45. The van der Waals surface area contributed by atoms with Crippen molar-refractivity contribution >= 4 is 38.4 Å². The van der Waals surface area contributed by atoms with E-state index >= 15 is 0 Å². The molecule has 0 aliphatic carbocycles. The van der Waals surface area contributed by atoms with Crippen molar-refractivity contribution in [2.45, 2.75) is 13.5 Å². The third kappa shape index (κ3) is 4.21. The van der Waals surface area contributed by atoms with Gasteiger partial charge >= 0.3 is 0 Å². The lowest BCUT2D eigenvalue weighted by Gasteiger charge is -2.16. The summed E-state index contributed by atoms with van der Waals surface area (Å²) in [7, 11) is 2.07. The fraction of sp³-hybridized carbons (Fsp3) is 0.217. The molecule has 4 rings (SSSR count). The van der Waals surface area contributed by atoms with E-state index in [1.54, 1.807) is 0 Å². The van der Waals surface area contributed by atoms with Crippen molar-refractivity contribution in [2.24, 2.45) is 0 Å². The first-order chi connectivity index (χ1) is 13.6. The second-order valence-electron chi connectivity index (χ2n) is 7.17. The van der Waals surface area contributed by atoms with Crippen molar-refractivity contribution in [3.05, 3.63) is 76.7 Å². The van der Waals surface area contributed by atoms with Gasteiger partial charge in [-0.05, 0) is 43.8 Å². The van der Waals surface area contributed by atoms with E-state index in [0.29, 0.717) is 11.4 Å². The van der Waals surface area contributed by atoms with Crippen LogP contribution in [-0.4, -0.2) is 35.9 Å². The molecule has 0 aliphatic rings. The maximum absolute atomic E-state index is 12.6. The lowest BCUT2D eigenvalue weighted by Crippen LogP contribution is -2.32. The fourth-order valence-corrected chi connectivity index (χ4v) is 4.23. The van der Waals surface area contributed by atoms with E-state index in [-0.39, 0.29) is 5.91 Å². The van der Waals surface area contributed by atoms with Gasteiger partial charge in [-0.25, -0.2) is 4.98 Å². The number of fused-ring (bicyclic) bond motifs is 2. The van der Waals surface area contributed by atoms with E-state index in [9.17, 15) is 4.79 Å². The van der Waals surface area contributed by atoms with Gasteiger partial charge in [0, 0.05) is 30.4 Å². The number of pyridine rings is 1. The highest BCUT2D eigenvalue weighted by Crippen LogP contribution is 2.27. The smallest absolute Gasteiger partial charge is 0.261 e. The minimum Gasteiger partial charge on any atom is -0.350 e. The van der Waals surface area contributed by atoms with Crippen molar-refractivity contribution < 1.29 is 4.79 Å². The Hall–Kier alpha value is -2.76. The summed E-state index contributed by atoms with van der Waals surface area (Å²) in [5.41, 5.74) is 3.45. The van der Waals surface area contributed by atoms with Gasteiger partial charge in [0.2, 0.25) is 0 Å². The average Bonchev–Trinajstić information content (AvgIpc) is 3.10. The molecule has 2 aromatic heterocycles. The Kier molecular flexibility index (Phi) is 5.37. The molecule has 0 fully saturated rings. The van der Waals surface area contributed by atoms with Gasteiger partial charge < -0.3 is 10.2 Å². The lowest BCUT2D eigenvalue weighted by molar-refractivity contribution is 0.0953. The molecule has 0 aliphatic heterocycles. The highest BCUT2D eigenvalue weighted by molar-refractivity contribution is 7.20.